The van der Waals surface area contributed by atoms with Crippen molar-refractivity contribution in [2.75, 3.05) is 13.2 Å². The molecule has 4 heteroatoms. The average molecular weight is 213 g/mol. The highest BCUT2D eigenvalue weighted by Crippen LogP contribution is 2.31. The number of rotatable bonds is 3. The van der Waals surface area contributed by atoms with E-state index in [1.807, 2.05) is 6.92 Å². The lowest BCUT2D eigenvalue weighted by atomic mass is 9.88. The summed E-state index contributed by atoms with van der Waals surface area (Å²) in [4.78, 5) is 11.3. The summed E-state index contributed by atoms with van der Waals surface area (Å²) < 4.78 is 4.83. The topological polar surface area (TPSA) is 58.6 Å². The summed E-state index contributed by atoms with van der Waals surface area (Å²) in [5, 5.41) is 13.1. The molecule has 0 aromatic heterocycles. The Bertz CT molecular complexity index is 271. The third-order valence-electron chi connectivity index (χ3n) is 2.74. The van der Waals surface area contributed by atoms with Crippen molar-refractivity contribution in [2.45, 2.75) is 32.8 Å². The molecule has 0 radical (unpaired) electrons. The molecule has 4 nitrogen and oxygen atoms in total. The van der Waals surface area contributed by atoms with Gasteiger partial charge in [-0.25, -0.2) is 4.79 Å². The van der Waals surface area contributed by atoms with Crippen LogP contribution in [0.5, 0.6) is 0 Å². The Balaban J connectivity index is 2.75. The van der Waals surface area contributed by atoms with Crippen LogP contribution in [-0.2, 0) is 9.53 Å². The Kier molecular flexibility index (Phi) is 3.74. The number of aliphatic hydroxyl groups is 1. The van der Waals surface area contributed by atoms with Crippen molar-refractivity contribution in [2.24, 2.45) is 5.92 Å². The molecule has 1 aliphatic rings. The molecule has 0 aromatic carbocycles. The Labute approximate surface area is 90.3 Å². The average Bonchev–Trinajstić information content (AvgIpc) is 2.41. The quantitative estimate of drug-likeness (QED) is 0.538. The molecule has 2 atom stereocenters. The highest BCUT2D eigenvalue weighted by atomic mass is 16.5. The van der Waals surface area contributed by atoms with E-state index in [0.29, 0.717) is 13.2 Å². The maximum atomic E-state index is 11.3. The van der Waals surface area contributed by atoms with Crippen LogP contribution in [0.1, 0.15) is 27.2 Å². The van der Waals surface area contributed by atoms with E-state index in [2.05, 4.69) is 5.32 Å². The molecule has 0 spiro atoms. The molecule has 0 aromatic rings. The van der Waals surface area contributed by atoms with Crippen LogP contribution in [0.15, 0.2) is 11.8 Å². The minimum Gasteiger partial charge on any atom is -0.463 e. The van der Waals surface area contributed by atoms with Crippen molar-refractivity contribution in [3.8, 4) is 0 Å². The highest BCUT2D eigenvalue weighted by Gasteiger charge is 2.39. The van der Waals surface area contributed by atoms with Gasteiger partial charge in [0.15, 0.2) is 0 Å². The van der Waals surface area contributed by atoms with Gasteiger partial charge >= 0.3 is 5.97 Å². The number of hydrogen-bond donors (Lipinski definition) is 2. The molecule has 1 aliphatic heterocycles. The van der Waals surface area contributed by atoms with Crippen molar-refractivity contribution in [3.05, 3.63) is 11.8 Å². The van der Waals surface area contributed by atoms with E-state index in [1.54, 1.807) is 13.8 Å². The number of esters is 1. The van der Waals surface area contributed by atoms with E-state index < -0.39 is 5.60 Å². The molecule has 1 heterocycles. The number of nitrogens with one attached hydrogen (secondary N) is 1. The smallest absolute Gasteiger partial charge is 0.332 e. The van der Waals surface area contributed by atoms with E-state index in [-0.39, 0.29) is 11.9 Å². The van der Waals surface area contributed by atoms with E-state index in [4.69, 9.17) is 4.74 Å². The number of carbonyl (C=O) groups excluding carboxylic acids is 1. The zero-order valence-electron chi connectivity index (χ0n) is 9.54. The molecule has 2 N–H and O–H groups in total. The van der Waals surface area contributed by atoms with Crippen LogP contribution in [0, 0.1) is 5.92 Å². The predicted molar refractivity (Wildman–Crippen MR) is 57.1 cm³/mol. The summed E-state index contributed by atoms with van der Waals surface area (Å²) in [6.07, 6.45) is 2.24. The van der Waals surface area contributed by atoms with Crippen molar-refractivity contribution in [1.29, 1.82) is 0 Å². The predicted octanol–water partition coefficient (Wildman–Crippen LogP) is 0.814. The number of carbonyl (C=O) groups is 1. The molecule has 1 fully saturated rings. The third kappa shape index (κ3) is 2.72. The van der Waals surface area contributed by atoms with Crippen molar-refractivity contribution in [3.63, 3.8) is 0 Å². The largest absolute Gasteiger partial charge is 0.463 e. The molecule has 1 saturated heterocycles. The van der Waals surface area contributed by atoms with Crippen LogP contribution in [0.2, 0.25) is 0 Å². The van der Waals surface area contributed by atoms with Crippen LogP contribution in [0.3, 0.4) is 0 Å². The second-order valence-electron chi connectivity index (χ2n) is 4.02. The number of β-amino-alcohol motifs (C(OH)–C–C–N with tert-alkyl or cyclic N) is 1. The second-order valence-corrected chi connectivity index (χ2v) is 4.02. The molecule has 0 saturated carbocycles. The fraction of sp³-hybridized carbons (Fsp3) is 0.727. The Morgan fingerprint density at radius 2 is 2.40 bits per heavy atom. The van der Waals surface area contributed by atoms with Gasteiger partial charge in [-0.2, -0.15) is 0 Å². The zero-order valence-corrected chi connectivity index (χ0v) is 9.54. The first-order valence-electron chi connectivity index (χ1n) is 5.35. The van der Waals surface area contributed by atoms with Gasteiger partial charge in [-0.15, -0.1) is 0 Å². The van der Waals surface area contributed by atoms with Crippen molar-refractivity contribution in [1.82, 2.24) is 5.32 Å². The monoisotopic (exact) mass is 213 g/mol. The number of hydrogen-bond acceptors (Lipinski definition) is 4. The van der Waals surface area contributed by atoms with Gasteiger partial charge in [0.1, 0.15) is 0 Å². The Morgan fingerprint density at radius 1 is 1.73 bits per heavy atom. The standard InChI is InChI=1S/C11H19NO3/c1-4-8-9(6-10(13)15-5-2)12-7-11(8,3)14/h6,8,12,14H,4-5,7H2,1-3H3/b9-6-/t8-,11-/m1/s1. The Morgan fingerprint density at radius 3 is 2.93 bits per heavy atom. The zero-order chi connectivity index (χ0) is 11.5. The maximum Gasteiger partial charge on any atom is 0.332 e. The van der Waals surface area contributed by atoms with Crippen LogP contribution in [0.25, 0.3) is 0 Å². The van der Waals surface area contributed by atoms with Crippen LogP contribution < -0.4 is 5.32 Å². The van der Waals surface area contributed by atoms with Gasteiger partial charge in [-0.3, -0.25) is 0 Å². The molecule has 1 rings (SSSR count). The lowest BCUT2D eigenvalue weighted by Gasteiger charge is -2.22. The van der Waals surface area contributed by atoms with Crippen molar-refractivity contribution < 1.29 is 14.6 Å². The minimum absolute atomic E-state index is 0.0121. The fourth-order valence-corrected chi connectivity index (χ4v) is 1.98. The molecule has 86 valence electrons. The summed E-state index contributed by atoms with van der Waals surface area (Å²) in [5.74, 6) is -0.363. The summed E-state index contributed by atoms with van der Waals surface area (Å²) in [5.41, 5.74) is 0.00790. The maximum absolute atomic E-state index is 11.3. The summed E-state index contributed by atoms with van der Waals surface area (Å²) >= 11 is 0. The van der Waals surface area contributed by atoms with Gasteiger partial charge in [0.25, 0.3) is 0 Å². The summed E-state index contributed by atoms with van der Waals surface area (Å²) in [6, 6.07) is 0. The summed E-state index contributed by atoms with van der Waals surface area (Å²) in [6.45, 7) is 6.39. The summed E-state index contributed by atoms with van der Waals surface area (Å²) in [7, 11) is 0. The van der Waals surface area contributed by atoms with E-state index in [0.717, 1.165) is 12.1 Å². The minimum atomic E-state index is -0.771. The molecular formula is C11H19NO3. The van der Waals surface area contributed by atoms with Crippen LogP contribution in [-0.4, -0.2) is 29.8 Å². The van der Waals surface area contributed by atoms with Gasteiger partial charge in [-0.05, 0) is 20.3 Å². The van der Waals surface area contributed by atoms with E-state index >= 15 is 0 Å². The van der Waals surface area contributed by atoms with Gasteiger partial charge < -0.3 is 15.2 Å². The lowest BCUT2D eigenvalue weighted by Crippen LogP contribution is -2.33. The first kappa shape index (κ1) is 12.0. The molecular weight excluding hydrogens is 194 g/mol. The van der Waals surface area contributed by atoms with E-state index in [1.165, 1.54) is 6.08 Å². The number of ether oxygens (including phenoxy) is 1. The SMILES string of the molecule is CCOC(=O)/C=C1\NC[C@@](C)(O)[C@@H]1CC. The van der Waals surface area contributed by atoms with E-state index in [9.17, 15) is 9.90 Å². The Hall–Kier alpha value is -1.03. The molecule has 0 bridgehead atoms. The normalized spacial score (nSPS) is 32.8. The van der Waals surface area contributed by atoms with Gasteiger partial charge in [0, 0.05) is 24.2 Å². The highest BCUT2D eigenvalue weighted by molar-refractivity contribution is 5.82. The van der Waals surface area contributed by atoms with Crippen LogP contribution >= 0.6 is 0 Å². The fourth-order valence-electron chi connectivity index (χ4n) is 1.98. The van der Waals surface area contributed by atoms with Gasteiger partial charge in [0.2, 0.25) is 0 Å². The first-order chi connectivity index (χ1) is 7.01. The first-order valence-corrected chi connectivity index (χ1v) is 5.35. The third-order valence-corrected chi connectivity index (χ3v) is 2.74. The van der Waals surface area contributed by atoms with Crippen molar-refractivity contribution >= 4 is 5.97 Å². The molecule has 0 unspecified atom stereocenters. The molecule has 15 heavy (non-hydrogen) atoms. The van der Waals surface area contributed by atoms with Gasteiger partial charge in [0.05, 0.1) is 12.2 Å². The lowest BCUT2D eigenvalue weighted by molar-refractivity contribution is -0.137. The van der Waals surface area contributed by atoms with Gasteiger partial charge in [-0.1, -0.05) is 6.92 Å². The molecule has 0 aliphatic carbocycles. The second kappa shape index (κ2) is 4.66. The van der Waals surface area contributed by atoms with Crippen LogP contribution in [0.4, 0.5) is 0 Å². The molecule has 0 amide bonds.